The smallest absolute Gasteiger partial charge is 0.251 e. The van der Waals surface area contributed by atoms with Crippen LogP contribution in [-0.4, -0.2) is 29.4 Å². The Kier molecular flexibility index (Phi) is 8.65. The van der Waals surface area contributed by atoms with E-state index in [1.807, 2.05) is 45.0 Å². The third-order valence-corrected chi connectivity index (χ3v) is 4.59. The van der Waals surface area contributed by atoms with Crippen LogP contribution in [-0.2, 0) is 11.3 Å². The molecule has 0 fully saturated rings. The van der Waals surface area contributed by atoms with Crippen LogP contribution in [0.15, 0.2) is 42.6 Å². The summed E-state index contributed by atoms with van der Waals surface area (Å²) in [6, 6.07) is 10.3. The molecule has 1 aromatic heterocycles. The average Bonchev–Trinajstić information content (AvgIpc) is 2.71. The number of aryl methyl sites for hydroxylation is 1. The molecule has 1 heterocycles. The maximum absolute atomic E-state index is 12.8. The maximum atomic E-state index is 12.8. The minimum atomic E-state index is -0.634. The van der Waals surface area contributed by atoms with Crippen LogP contribution in [0.2, 0.25) is 0 Å². The van der Waals surface area contributed by atoms with Crippen LogP contribution in [0.1, 0.15) is 55.1 Å². The highest BCUT2D eigenvalue weighted by Gasteiger charge is 2.24. The molecule has 29 heavy (non-hydrogen) atoms. The van der Waals surface area contributed by atoms with Crippen LogP contribution < -0.4 is 15.4 Å². The summed E-state index contributed by atoms with van der Waals surface area (Å²) in [5.41, 5.74) is 2.42. The SMILES string of the molecule is CCCCOc1ncccc1CNC(=O)C(NC(=O)c1ccc(C)cc1)C(C)C. The van der Waals surface area contributed by atoms with Crippen molar-refractivity contribution in [2.75, 3.05) is 6.61 Å². The van der Waals surface area contributed by atoms with Gasteiger partial charge in [0.15, 0.2) is 0 Å². The highest BCUT2D eigenvalue weighted by molar-refractivity contribution is 5.97. The van der Waals surface area contributed by atoms with Gasteiger partial charge >= 0.3 is 0 Å². The predicted octanol–water partition coefficient (Wildman–Crippen LogP) is 3.64. The molecule has 2 N–H and O–H groups in total. The van der Waals surface area contributed by atoms with E-state index >= 15 is 0 Å². The van der Waals surface area contributed by atoms with Gasteiger partial charge in [-0.1, -0.05) is 51.0 Å². The van der Waals surface area contributed by atoms with Crippen molar-refractivity contribution in [1.82, 2.24) is 15.6 Å². The molecule has 6 heteroatoms. The standard InChI is InChI=1S/C23H31N3O3/c1-5-6-14-29-23-19(8-7-13-24-23)15-25-22(28)20(16(2)3)26-21(27)18-11-9-17(4)10-12-18/h7-13,16,20H,5-6,14-15H2,1-4H3,(H,25,28)(H,26,27). The molecule has 6 nitrogen and oxygen atoms in total. The first-order valence-electron chi connectivity index (χ1n) is 10.1. The van der Waals surface area contributed by atoms with E-state index in [0.29, 0.717) is 18.1 Å². The Morgan fingerprint density at radius 3 is 2.52 bits per heavy atom. The molecule has 1 unspecified atom stereocenters. The Hall–Kier alpha value is -2.89. The molecule has 0 spiro atoms. The average molecular weight is 398 g/mol. The third-order valence-electron chi connectivity index (χ3n) is 4.59. The van der Waals surface area contributed by atoms with Gasteiger partial charge in [-0.05, 0) is 37.5 Å². The van der Waals surface area contributed by atoms with Gasteiger partial charge in [-0.25, -0.2) is 4.98 Å². The van der Waals surface area contributed by atoms with Gasteiger partial charge in [0.2, 0.25) is 11.8 Å². The number of amides is 2. The number of aromatic nitrogens is 1. The van der Waals surface area contributed by atoms with Crippen molar-refractivity contribution in [2.45, 2.75) is 53.1 Å². The summed E-state index contributed by atoms with van der Waals surface area (Å²) in [6.45, 7) is 8.75. The largest absolute Gasteiger partial charge is 0.477 e. The fourth-order valence-corrected chi connectivity index (χ4v) is 2.76. The van der Waals surface area contributed by atoms with E-state index in [4.69, 9.17) is 4.74 Å². The normalized spacial score (nSPS) is 11.8. The van der Waals surface area contributed by atoms with E-state index in [2.05, 4.69) is 22.5 Å². The molecule has 156 valence electrons. The van der Waals surface area contributed by atoms with Gasteiger partial charge in [0, 0.05) is 23.9 Å². The lowest BCUT2D eigenvalue weighted by molar-refractivity contribution is -0.124. The minimum Gasteiger partial charge on any atom is -0.477 e. The van der Waals surface area contributed by atoms with Crippen molar-refractivity contribution in [3.63, 3.8) is 0 Å². The molecule has 1 atom stereocenters. The second kappa shape index (κ2) is 11.2. The maximum Gasteiger partial charge on any atom is 0.251 e. The lowest BCUT2D eigenvalue weighted by Crippen LogP contribution is -2.49. The predicted molar refractivity (Wildman–Crippen MR) is 114 cm³/mol. The van der Waals surface area contributed by atoms with Crippen molar-refractivity contribution in [1.29, 1.82) is 0 Å². The van der Waals surface area contributed by atoms with Crippen molar-refractivity contribution in [2.24, 2.45) is 5.92 Å². The zero-order valence-electron chi connectivity index (χ0n) is 17.7. The van der Waals surface area contributed by atoms with Crippen molar-refractivity contribution < 1.29 is 14.3 Å². The molecular formula is C23H31N3O3. The van der Waals surface area contributed by atoms with Gasteiger partial charge in [-0.15, -0.1) is 0 Å². The van der Waals surface area contributed by atoms with Crippen LogP contribution in [0.25, 0.3) is 0 Å². The monoisotopic (exact) mass is 397 g/mol. The third kappa shape index (κ3) is 6.89. The lowest BCUT2D eigenvalue weighted by atomic mass is 10.0. The molecule has 0 aliphatic heterocycles. The fourth-order valence-electron chi connectivity index (χ4n) is 2.76. The van der Waals surface area contributed by atoms with E-state index in [-0.39, 0.29) is 24.3 Å². The van der Waals surface area contributed by atoms with E-state index in [1.54, 1.807) is 18.3 Å². The molecule has 2 amide bonds. The first-order chi connectivity index (χ1) is 13.9. The summed E-state index contributed by atoms with van der Waals surface area (Å²) in [5.74, 6) is -0.0164. The zero-order valence-corrected chi connectivity index (χ0v) is 17.7. The quantitative estimate of drug-likeness (QED) is 0.600. The number of hydrogen-bond acceptors (Lipinski definition) is 4. The Labute approximate surface area is 173 Å². The first kappa shape index (κ1) is 22.4. The van der Waals surface area contributed by atoms with Gasteiger partial charge in [0.1, 0.15) is 6.04 Å². The molecule has 2 aromatic rings. The Balaban J connectivity index is 1.99. The number of carbonyl (C=O) groups excluding carboxylic acids is 2. The summed E-state index contributed by atoms with van der Waals surface area (Å²) in [7, 11) is 0. The van der Waals surface area contributed by atoms with Crippen molar-refractivity contribution in [3.05, 3.63) is 59.3 Å². The second-order valence-electron chi connectivity index (χ2n) is 7.45. The number of pyridine rings is 1. The van der Waals surface area contributed by atoms with Crippen LogP contribution in [0.3, 0.4) is 0 Å². The van der Waals surface area contributed by atoms with Crippen LogP contribution in [0.5, 0.6) is 5.88 Å². The molecule has 0 saturated heterocycles. The van der Waals surface area contributed by atoms with Gasteiger partial charge in [0.25, 0.3) is 5.91 Å². The Morgan fingerprint density at radius 1 is 1.14 bits per heavy atom. The topological polar surface area (TPSA) is 80.3 Å². The molecule has 0 saturated carbocycles. The number of unbranched alkanes of at least 4 members (excludes halogenated alkanes) is 1. The van der Waals surface area contributed by atoms with Crippen LogP contribution in [0, 0.1) is 12.8 Å². The van der Waals surface area contributed by atoms with Gasteiger partial charge in [0.05, 0.1) is 6.61 Å². The molecular weight excluding hydrogens is 366 g/mol. The summed E-state index contributed by atoms with van der Waals surface area (Å²) in [6.07, 6.45) is 3.66. The highest BCUT2D eigenvalue weighted by atomic mass is 16.5. The molecule has 0 aliphatic carbocycles. The number of benzene rings is 1. The molecule has 0 radical (unpaired) electrons. The summed E-state index contributed by atoms with van der Waals surface area (Å²) < 4.78 is 5.72. The number of ether oxygens (including phenoxy) is 1. The highest BCUT2D eigenvalue weighted by Crippen LogP contribution is 2.15. The number of hydrogen-bond donors (Lipinski definition) is 2. The zero-order chi connectivity index (χ0) is 21.2. The molecule has 1 aromatic carbocycles. The summed E-state index contributed by atoms with van der Waals surface area (Å²) in [5, 5.41) is 5.75. The van der Waals surface area contributed by atoms with E-state index in [9.17, 15) is 9.59 Å². The Bertz CT molecular complexity index is 803. The van der Waals surface area contributed by atoms with E-state index in [1.165, 1.54) is 0 Å². The number of nitrogens with zero attached hydrogens (tertiary/aromatic N) is 1. The number of carbonyl (C=O) groups is 2. The molecule has 0 aliphatic rings. The van der Waals surface area contributed by atoms with Gasteiger partial charge in [-0.3, -0.25) is 9.59 Å². The van der Waals surface area contributed by atoms with Gasteiger partial charge < -0.3 is 15.4 Å². The summed E-state index contributed by atoms with van der Waals surface area (Å²) in [4.78, 5) is 29.6. The van der Waals surface area contributed by atoms with Crippen molar-refractivity contribution in [3.8, 4) is 5.88 Å². The van der Waals surface area contributed by atoms with E-state index in [0.717, 1.165) is 24.0 Å². The van der Waals surface area contributed by atoms with Crippen LogP contribution >= 0.6 is 0 Å². The molecule has 2 rings (SSSR count). The number of nitrogens with one attached hydrogen (secondary N) is 2. The van der Waals surface area contributed by atoms with Crippen LogP contribution in [0.4, 0.5) is 0 Å². The van der Waals surface area contributed by atoms with E-state index < -0.39 is 6.04 Å². The van der Waals surface area contributed by atoms with Gasteiger partial charge in [-0.2, -0.15) is 0 Å². The first-order valence-corrected chi connectivity index (χ1v) is 10.1. The summed E-state index contributed by atoms with van der Waals surface area (Å²) >= 11 is 0. The lowest BCUT2D eigenvalue weighted by Gasteiger charge is -2.22. The number of rotatable bonds is 10. The van der Waals surface area contributed by atoms with Crippen molar-refractivity contribution >= 4 is 11.8 Å². The molecule has 0 bridgehead atoms. The minimum absolute atomic E-state index is 0.0569. The Morgan fingerprint density at radius 2 is 1.86 bits per heavy atom. The second-order valence-corrected chi connectivity index (χ2v) is 7.45. The fraction of sp³-hybridized carbons (Fsp3) is 0.435.